The van der Waals surface area contributed by atoms with Crippen LogP contribution in [-0.4, -0.2) is 23.0 Å². The van der Waals surface area contributed by atoms with E-state index < -0.39 is 0 Å². The van der Waals surface area contributed by atoms with Gasteiger partial charge in [0.25, 0.3) is 5.91 Å². The number of hydrogen-bond acceptors (Lipinski definition) is 4. The summed E-state index contributed by atoms with van der Waals surface area (Å²) in [7, 11) is 1.65. The number of hydrogen-bond donors (Lipinski definition) is 2. The Labute approximate surface area is 191 Å². The lowest BCUT2D eigenvalue weighted by Gasteiger charge is -2.05. The molecule has 0 aliphatic heterocycles. The molecule has 0 radical (unpaired) electrons. The van der Waals surface area contributed by atoms with E-state index in [4.69, 9.17) is 9.15 Å². The summed E-state index contributed by atoms with van der Waals surface area (Å²) in [6, 6.07) is 23.4. The monoisotopic (exact) mass is 437 g/mol. The van der Waals surface area contributed by atoms with E-state index >= 15 is 0 Å². The van der Waals surface area contributed by atoms with Crippen molar-refractivity contribution >= 4 is 16.9 Å². The lowest BCUT2D eigenvalue weighted by molar-refractivity contribution is 0.0924. The molecule has 0 spiro atoms. The Kier molecular flexibility index (Phi) is 5.40. The molecule has 164 valence electrons. The summed E-state index contributed by atoms with van der Waals surface area (Å²) in [4.78, 5) is 20.5. The highest BCUT2D eigenvalue weighted by Gasteiger charge is 2.17. The number of nitrogens with one attached hydrogen (secondary N) is 2. The van der Waals surface area contributed by atoms with Crippen LogP contribution in [0.2, 0.25) is 0 Å². The number of carbonyl (C=O) groups excluding carboxylic acids is 1. The van der Waals surface area contributed by atoms with Gasteiger partial charge >= 0.3 is 0 Å². The molecule has 3 aromatic carbocycles. The Balaban J connectivity index is 1.25. The lowest BCUT2D eigenvalue weighted by Crippen LogP contribution is -2.22. The number of fused-ring (bicyclic) bond motifs is 1. The average Bonchev–Trinajstić information content (AvgIpc) is 3.49. The maximum Gasteiger partial charge on any atom is 0.287 e. The van der Waals surface area contributed by atoms with Crippen LogP contribution in [0.5, 0.6) is 5.75 Å². The van der Waals surface area contributed by atoms with Crippen molar-refractivity contribution in [2.24, 2.45) is 0 Å². The fraction of sp³-hybridized carbons (Fsp3) is 0.111. The third kappa shape index (κ3) is 4.11. The second-order valence-electron chi connectivity index (χ2n) is 7.81. The molecule has 0 fully saturated rings. The first-order chi connectivity index (χ1) is 16.1. The number of aromatic amines is 1. The standard InChI is InChI=1S/C27H23N3O3/c1-17-22-5-3-4-6-24(22)33-25(17)27(31)29-15-18-7-9-20(10-8-18)26-28-16-23(30-26)19-11-13-21(32-2)14-12-19/h3-14,16H,15H2,1-2H3,(H,28,30)(H,29,31). The van der Waals surface area contributed by atoms with Crippen LogP contribution in [0.3, 0.4) is 0 Å². The van der Waals surface area contributed by atoms with Gasteiger partial charge in [-0.15, -0.1) is 0 Å². The van der Waals surface area contributed by atoms with Gasteiger partial charge in [0.15, 0.2) is 5.76 Å². The van der Waals surface area contributed by atoms with Crippen molar-refractivity contribution in [3.05, 3.63) is 95.9 Å². The number of imidazole rings is 1. The van der Waals surface area contributed by atoms with Gasteiger partial charge in [0, 0.05) is 23.1 Å². The molecular formula is C27H23N3O3. The van der Waals surface area contributed by atoms with Crippen LogP contribution < -0.4 is 10.1 Å². The molecule has 2 heterocycles. The SMILES string of the molecule is COc1ccc(-c2cnc(-c3ccc(CNC(=O)c4oc5ccccc5c4C)cc3)[nH]2)cc1. The van der Waals surface area contributed by atoms with Crippen molar-refractivity contribution in [3.63, 3.8) is 0 Å². The molecule has 0 aliphatic carbocycles. The number of aryl methyl sites for hydroxylation is 1. The predicted octanol–water partition coefficient (Wildman–Crippen LogP) is 5.74. The number of aromatic nitrogens is 2. The molecule has 0 bridgehead atoms. The van der Waals surface area contributed by atoms with E-state index in [0.717, 1.165) is 50.5 Å². The smallest absolute Gasteiger partial charge is 0.287 e. The van der Waals surface area contributed by atoms with Crippen molar-refractivity contribution in [1.29, 1.82) is 0 Å². The zero-order valence-corrected chi connectivity index (χ0v) is 18.4. The van der Waals surface area contributed by atoms with Gasteiger partial charge in [-0.3, -0.25) is 4.79 Å². The summed E-state index contributed by atoms with van der Waals surface area (Å²) in [5, 5.41) is 3.90. The summed E-state index contributed by atoms with van der Waals surface area (Å²) in [6.07, 6.45) is 1.82. The molecule has 0 saturated carbocycles. The van der Waals surface area contributed by atoms with E-state index in [9.17, 15) is 4.79 Å². The molecular weight excluding hydrogens is 414 g/mol. The minimum Gasteiger partial charge on any atom is -0.497 e. The number of amides is 1. The van der Waals surface area contributed by atoms with Crippen LogP contribution in [0.4, 0.5) is 0 Å². The molecule has 5 aromatic rings. The molecule has 6 heteroatoms. The molecule has 0 atom stereocenters. The van der Waals surface area contributed by atoms with Gasteiger partial charge in [-0.2, -0.15) is 0 Å². The number of methoxy groups -OCH3 is 1. The Morgan fingerprint density at radius 3 is 2.45 bits per heavy atom. The fourth-order valence-electron chi connectivity index (χ4n) is 3.82. The van der Waals surface area contributed by atoms with Gasteiger partial charge in [-0.05, 0) is 48.4 Å². The number of carbonyl (C=O) groups is 1. The van der Waals surface area contributed by atoms with Gasteiger partial charge < -0.3 is 19.5 Å². The first-order valence-corrected chi connectivity index (χ1v) is 10.7. The normalized spacial score (nSPS) is 11.0. The zero-order valence-electron chi connectivity index (χ0n) is 18.4. The van der Waals surface area contributed by atoms with Gasteiger partial charge in [-0.25, -0.2) is 4.98 Å². The molecule has 0 aliphatic rings. The lowest BCUT2D eigenvalue weighted by atomic mass is 10.1. The zero-order chi connectivity index (χ0) is 22.8. The number of benzene rings is 3. The van der Waals surface area contributed by atoms with Crippen molar-refractivity contribution in [2.75, 3.05) is 7.11 Å². The van der Waals surface area contributed by atoms with Crippen LogP contribution in [-0.2, 0) is 6.54 Å². The number of H-pyrrole nitrogens is 1. The average molecular weight is 437 g/mol. The van der Waals surface area contributed by atoms with Crippen LogP contribution in [0.25, 0.3) is 33.6 Å². The van der Waals surface area contributed by atoms with Crippen molar-refractivity contribution in [3.8, 4) is 28.4 Å². The molecule has 33 heavy (non-hydrogen) atoms. The quantitative estimate of drug-likeness (QED) is 0.355. The Hall–Kier alpha value is -4.32. The summed E-state index contributed by atoms with van der Waals surface area (Å²) >= 11 is 0. The third-order valence-electron chi connectivity index (χ3n) is 5.71. The largest absolute Gasteiger partial charge is 0.497 e. The highest BCUT2D eigenvalue weighted by Crippen LogP contribution is 2.26. The molecule has 2 N–H and O–H groups in total. The predicted molar refractivity (Wildman–Crippen MR) is 128 cm³/mol. The van der Waals surface area contributed by atoms with E-state index in [1.807, 2.05) is 85.9 Å². The first kappa shape index (κ1) is 20.6. The minimum atomic E-state index is -0.219. The molecule has 0 saturated heterocycles. The van der Waals surface area contributed by atoms with Crippen molar-refractivity contribution < 1.29 is 13.9 Å². The summed E-state index contributed by atoms with van der Waals surface area (Å²) in [6.45, 7) is 2.31. The molecule has 6 nitrogen and oxygen atoms in total. The topological polar surface area (TPSA) is 80.2 Å². The number of ether oxygens (including phenoxy) is 1. The van der Waals surface area contributed by atoms with Crippen LogP contribution in [0.15, 0.2) is 83.4 Å². The fourth-order valence-corrected chi connectivity index (χ4v) is 3.82. The van der Waals surface area contributed by atoms with Crippen molar-refractivity contribution in [2.45, 2.75) is 13.5 Å². The number of para-hydroxylation sites is 1. The highest BCUT2D eigenvalue weighted by atomic mass is 16.5. The second-order valence-corrected chi connectivity index (χ2v) is 7.81. The van der Waals surface area contributed by atoms with E-state index in [2.05, 4.69) is 15.3 Å². The first-order valence-electron chi connectivity index (χ1n) is 10.7. The Morgan fingerprint density at radius 1 is 1.00 bits per heavy atom. The van der Waals surface area contributed by atoms with Gasteiger partial charge in [0.1, 0.15) is 17.2 Å². The number of nitrogens with zero attached hydrogens (tertiary/aromatic N) is 1. The number of furan rings is 1. The van der Waals surface area contributed by atoms with E-state index in [-0.39, 0.29) is 5.91 Å². The van der Waals surface area contributed by atoms with Crippen LogP contribution >= 0.6 is 0 Å². The summed E-state index contributed by atoms with van der Waals surface area (Å²) in [5.41, 5.74) is 5.50. The molecule has 5 rings (SSSR count). The van der Waals surface area contributed by atoms with Crippen LogP contribution in [0.1, 0.15) is 21.7 Å². The summed E-state index contributed by atoms with van der Waals surface area (Å²) < 4.78 is 11.0. The van der Waals surface area contributed by atoms with Crippen LogP contribution in [0, 0.1) is 6.92 Å². The Bertz CT molecular complexity index is 1410. The number of rotatable bonds is 6. The van der Waals surface area contributed by atoms with Gasteiger partial charge in [0.05, 0.1) is 19.0 Å². The van der Waals surface area contributed by atoms with Crippen molar-refractivity contribution in [1.82, 2.24) is 15.3 Å². The maximum absolute atomic E-state index is 12.6. The van der Waals surface area contributed by atoms with Gasteiger partial charge in [0.2, 0.25) is 0 Å². The van der Waals surface area contributed by atoms with Gasteiger partial charge in [-0.1, -0.05) is 42.5 Å². The summed E-state index contributed by atoms with van der Waals surface area (Å²) in [5.74, 6) is 1.74. The molecule has 0 unspecified atom stereocenters. The van der Waals surface area contributed by atoms with E-state index in [1.54, 1.807) is 7.11 Å². The molecule has 2 aromatic heterocycles. The van der Waals surface area contributed by atoms with E-state index in [1.165, 1.54) is 0 Å². The van der Waals surface area contributed by atoms with E-state index in [0.29, 0.717) is 12.3 Å². The Morgan fingerprint density at radius 2 is 1.73 bits per heavy atom. The minimum absolute atomic E-state index is 0.219. The highest BCUT2D eigenvalue weighted by molar-refractivity contribution is 5.98. The maximum atomic E-state index is 12.6. The third-order valence-corrected chi connectivity index (χ3v) is 5.71. The second kappa shape index (κ2) is 8.67. The molecule has 1 amide bonds.